The van der Waals surface area contributed by atoms with Crippen LogP contribution in [-0.4, -0.2) is 39.9 Å². The number of aromatic nitrogens is 3. The van der Waals surface area contributed by atoms with Crippen molar-refractivity contribution in [2.24, 2.45) is 4.99 Å². The van der Waals surface area contributed by atoms with E-state index < -0.39 is 0 Å². The van der Waals surface area contributed by atoms with Gasteiger partial charge in [-0.3, -0.25) is 0 Å². The van der Waals surface area contributed by atoms with Gasteiger partial charge >= 0.3 is 0 Å². The summed E-state index contributed by atoms with van der Waals surface area (Å²) in [5.41, 5.74) is 1.01. The minimum Gasteiger partial charge on any atom is -0.486 e. The van der Waals surface area contributed by atoms with Crippen LogP contribution in [0.15, 0.2) is 66.0 Å². The van der Waals surface area contributed by atoms with Crippen molar-refractivity contribution in [2.45, 2.75) is 26.5 Å². The number of hydrogen-bond acceptors (Lipinski definition) is 4. The molecule has 0 aliphatic rings. The Morgan fingerprint density at radius 1 is 1.21 bits per heavy atom. The van der Waals surface area contributed by atoms with E-state index in [2.05, 4.69) is 25.7 Å². The molecule has 0 aliphatic heterocycles. The van der Waals surface area contributed by atoms with Gasteiger partial charge in [-0.1, -0.05) is 12.1 Å². The Morgan fingerprint density at radius 2 is 2.07 bits per heavy atom. The molecule has 0 radical (unpaired) electrons. The van der Waals surface area contributed by atoms with Crippen LogP contribution in [0.2, 0.25) is 0 Å². The number of hydrogen-bond donors (Lipinski definition) is 2. The highest BCUT2D eigenvalue weighted by Gasteiger charge is 2.09. The Kier molecular flexibility index (Phi) is 7.16. The minimum atomic E-state index is -0.370. The van der Waals surface area contributed by atoms with Crippen LogP contribution in [0.25, 0.3) is 5.82 Å². The van der Waals surface area contributed by atoms with E-state index in [-0.39, 0.29) is 17.7 Å². The quantitative estimate of drug-likeness (QED) is 0.452. The first-order chi connectivity index (χ1) is 14.2. The topological polar surface area (TPSA) is 76.4 Å². The van der Waals surface area contributed by atoms with Crippen molar-refractivity contribution in [3.8, 4) is 11.6 Å². The van der Waals surface area contributed by atoms with Crippen LogP contribution < -0.4 is 15.4 Å². The Labute approximate surface area is 169 Å². The van der Waals surface area contributed by atoms with E-state index in [9.17, 15) is 4.39 Å². The molecule has 2 heterocycles. The lowest BCUT2D eigenvalue weighted by molar-refractivity contribution is 0.214. The third-order valence-corrected chi connectivity index (χ3v) is 4.03. The molecule has 3 aromatic rings. The van der Waals surface area contributed by atoms with Crippen LogP contribution in [0.1, 0.15) is 19.4 Å². The number of pyridine rings is 1. The number of ether oxygens (including phenoxy) is 1. The molecule has 0 aliphatic carbocycles. The number of halogens is 1. The monoisotopic (exact) mass is 396 g/mol. The third kappa shape index (κ3) is 6.03. The van der Waals surface area contributed by atoms with Crippen molar-refractivity contribution in [3.05, 3.63) is 72.4 Å². The maximum absolute atomic E-state index is 13.7. The summed E-state index contributed by atoms with van der Waals surface area (Å²) in [5.74, 6) is 1.28. The number of aliphatic imine (C=N–C) groups is 1. The van der Waals surface area contributed by atoms with Gasteiger partial charge in [0.1, 0.15) is 6.10 Å². The number of nitrogens with zero attached hydrogens (tertiary/aromatic N) is 4. The van der Waals surface area contributed by atoms with Gasteiger partial charge in [-0.2, -0.15) is 5.10 Å². The fraction of sp³-hybridized carbons (Fsp3) is 0.286. The van der Waals surface area contributed by atoms with Gasteiger partial charge in [0, 0.05) is 25.1 Å². The van der Waals surface area contributed by atoms with Crippen molar-refractivity contribution in [2.75, 3.05) is 13.1 Å². The molecule has 0 fully saturated rings. The number of rotatable bonds is 8. The van der Waals surface area contributed by atoms with Gasteiger partial charge < -0.3 is 15.4 Å². The van der Waals surface area contributed by atoms with Crippen molar-refractivity contribution in [1.29, 1.82) is 0 Å². The SMILES string of the molecule is CCNC(=NCc1ccnc(-n2cccn2)c1)NCC(C)Oc1ccccc1F. The summed E-state index contributed by atoms with van der Waals surface area (Å²) >= 11 is 0. The fourth-order valence-electron chi connectivity index (χ4n) is 2.64. The molecule has 3 rings (SSSR count). The van der Waals surface area contributed by atoms with Crippen LogP contribution >= 0.6 is 0 Å². The van der Waals surface area contributed by atoms with Gasteiger partial charge in [0.25, 0.3) is 0 Å². The second kappa shape index (κ2) is 10.2. The largest absolute Gasteiger partial charge is 0.486 e. The Bertz CT molecular complexity index is 928. The van der Waals surface area contributed by atoms with E-state index in [0.29, 0.717) is 19.0 Å². The molecular weight excluding hydrogens is 371 g/mol. The zero-order valence-electron chi connectivity index (χ0n) is 16.5. The molecule has 2 aromatic heterocycles. The molecule has 0 spiro atoms. The van der Waals surface area contributed by atoms with Crippen LogP contribution in [0, 0.1) is 5.82 Å². The molecule has 8 heteroatoms. The van der Waals surface area contributed by atoms with Gasteiger partial charge in [0.2, 0.25) is 0 Å². The van der Waals surface area contributed by atoms with E-state index >= 15 is 0 Å². The number of para-hydroxylation sites is 1. The zero-order valence-corrected chi connectivity index (χ0v) is 16.5. The molecule has 0 amide bonds. The van der Waals surface area contributed by atoms with E-state index in [1.807, 2.05) is 38.2 Å². The first-order valence-electron chi connectivity index (χ1n) is 9.54. The van der Waals surface area contributed by atoms with Crippen LogP contribution in [0.4, 0.5) is 4.39 Å². The van der Waals surface area contributed by atoms with E-state index in [1.165, 1.54) is 6.07 Å². The van der Waals surface area contributed by atoms with Crippen molar-refractivity contribution in [3.63, 3.8) is 0 Å². The maximum Gasteiger partial charge on any atom is 0.191 e. The summed E-state index contributed by atoms with van der Waals surface area (Å²) in [4.78, 5) is 8.94. The standard InChI is InChI=1S/C21H25FN6O/c1-3-23-21(25-14-16(2)29-19-8-5-4-7-18(19)22)26-15-17-9-11-24-20(13-17)28-12-6-10-27-28/h4-13,16H,3,14-15H2,1-2H3,(H2,23,25,26). The van der Waals surface area contributed by atoms with Crippen LogP contribution in [-0.2, 0) is 6.54 Å². The van der Waals surface area contributed by atoms with Crippen LogP contribution in [0.3, 0.4) is 0 Å². The lowest BCUT2D eigenvalue weighted by atomic mass is 10.2. The van der Waals surface area contributed by atoms with Crippen molar-refractivity contribution in [1.82, 2.24) is 25.4 Å². The lowest BCUT2D eigenvalue weighted by Crippen LogP contribution is -2.41. The van der Waals surface area contributed by atoms with Gasteiger partial charge in [-0.25, -0.2) is 19.0 Å². The molecule has 1 atom stereocenters. The highest BCUT2D eigenvalue weighted by molar-refractivity contribution is 5.79. The summed E-state index contributed by atoms with van der Waals surface area (Å²) in [5, 5.41) is 10.6. The summed E-state index contributed by atoms with van der Waals surface area (Å²) in [6.07, 6.45) is 5.07. The summed E-state index contributed by atoms with van der Waals surface area (Å²) < 4.78 is 21.1. The third-order valence-electron chi connectivity index (χ3n) is 4.03. The number of benzene rings is 1. The molecule has 1 unspecified atom stereocenters. The minimum absolute atomic E-state index is 0.233. The molecular formula is C21H25FN6O. The highest BCUT2D eigenvalue weighted by atomic mass is 19.1. The van der Waals surface area contributed by atoms with Crippen molar-refractivity contribution >= 4 is 5.96 Å². The normalized spacial score (nSPS) is 12.4. The average Bonchev–Trinajstić information content (AvgIpc) is 3.27. The molecule has 0 saturated carbocycles. The summed E-state index contributed by atoms with van der Waals surface area (Å²) in [7, 11) is 0. The predicted octanol–water partition coefficient (Wildman–Crippen LogP) is 2.93. The number of guanidine groups is 1. The van der Waals surface area contributed by atoms with E-state index in [4.69, 9.17) is 4.74 Å². The molecule has 1 aromatic carbocycles. The van der Waals surface area contributed by atoms with Gasteiger partial charge in [0.15, 0.2) is 23.3 Å². The molecule has 29 heavy (non-hydrogen) atoms. The maximum atomic E-state index is 13.7. The molecule has 7 nitrogen and oxygen atoms in total. The second-order valence-corrected chi connectivity index (χ2v) is 6.41. The molecule has 2 N–H and O–H groups in total. The Balaban J connectivity index is 1.58. The molecule has 0 saturated heterocycles. The van der Waals surface area contributed by atoms with Crippen molar-refractivity contribution < 1.29 is 9.13 Å². The van der Waals surface area contributed by atoms with Gasteiger partial charge in [-0.05, 0) is 49.7 Å². The summed E-state index contributed by atoms with van der Waals surface area (Å²) in [6.45, 7) is 5.56. The molecule has 152 valence electrons. The highest BCUT2D eigenvalue weighted by Crippen LogP contribution is 2.16. The van der Waals surface area contributed by atoms with Gasteiger partial charge in [-0.15, -0.1) is 0 Å². The zero-order chi connectivity index (χ0) is 20.5. The first kappa shape index (κ1) is 20.3. The predicted molar refractivity (Wildman–Crippen MR) is 111 cm³/mol. The second-order valence-electron chi connectivity index (χ2n) is 6.41. The van der Waals surface area contributed by atoms with Crippen LogP contribution in [0.5, 0.6) is 5.75 Å². The van der Waals surface area contributed by atoms with E-state index in [1.54, 1.807) is 35.3 Å². The smallest absolute Gasteiger partial charge is 0.191 e. The Hall–Kier alpha value is -3.42. The first-order valence-corrected chi connectivity index (χ1v) is 9.54. The van der Waals surface area contributed by atoms with Gasteiger partial charge in [0.05, 0.1) is 13.1 Å². The lowest BCUT2D eigenvalue weighted by Gasteiger charge is -2.18. The number of nitrogens with one attached hydrogen (secondary N) is 2. The van der Waals surface area contributed by atoms with E-state index in [0.717, 1.165) is 17.9 Å². The summed E-state index contributed by atoms with van der Waals surface area (Å²) in [6, 6.07) is 12.1. The average molecular weight is 396 g/mol. The molecule has 0 bridgehead atoms. The fourth-order valence-corrected chi connectivity index (χ4v) is 2.64. The Morgan fingerprint density at radius 3 is 2.83 bits per heavy atom.